The fourth-order valence-electron chi connectivity index (χ4n) is 3.13. The maximum atomic E-state index is 12.7. The van der Waals surface area contributed by atoms with Crippen LogP contribution in [0.3, 0.4) is 0 Å². The molecule has 1 aliphatic rings. The molecular formula is C21H21N3O3. The number of hydrogen-bond acceptors (Lipinski definition) is 4. The second kappa shape index (κ2) is 8.86. The van der Waals surface area contributed by atoms with Crippen molar-refractivity contribution in [2.75, 3.05) is 6.54 Å². The Labute approximate surface area is 158 Å². The van der Waals surface area contributed by atoms with Crippen LogP contribution in [0.15, 0.2) is 60.7 Å². The van der Waals surface area contributed by atoms with Crippen LogP contribution in [0.4, 0.5) is 4.79 Å². The summed E-state index contributed by atoms with van der Waals surface area (Å²) in [6.07, 6.45) is 0.769. The van der Waals surface area contributed by atoms with Crippen LogP contribution in [0, 0.1) is 11.3 Å². The minimum absolute atomic E-state index is 0.162. The van der Waals surface area contributed by atoms with E-state index in [9.17, 15) is 14.9 Å². The number of nitriles is 1. The average Bonchev–Trinajstić information content (AvgIpc) is 3.21. The summed E-state index contributed by atoms with van der Waals surface area (Å²) < 4.78 is 5.35. The summed E-state index contributed by atoms with van der Waals surface area (Å²) in [5.41, 5.74) is 1.60. The van der Waals surface area contributed by atoms with Crippen molar-refractivity contribution in [3.05, 3.63) is 71.8 Å². The van der Waals surface area contributed by atoms with Gasteiger partial charge in [0.15, 0.2) is 0 Å². The molecule has 0 radical (unpaired) electrons. The van der Waals surface area contributed by atoms with E-state index in [-0.39, 0.29) is 12.5 Å². The number of rotatable bonds is 5. The van der Waals surface area contributed by atoms with Crippen molar-refractivity contribution < 1.29 is 14.3 Å². The number of hydrogen-bond donors (Lipinski definition) is 1. The SMILES string of the molecule is N#C[C@H](NC(=O)[C@@H]1CCCN1C(=O)OCc1ccccc1)c1ccccc1. The second-order valence-corrected chi connectivity index (χ2v) is 6.37. The van der Waals surface area contributed by atoms with Crippen molar-refractivity contribution in [2.45, 2.75) is 31.5 Å². The fraction of sp³-hybridized carbons (Fsp3) is 0.286. The molecule has 0 bridgehead atoms. The Bertz CT molecular complexity index is 818. The first kappa shape index (κ1) is 18.5. The molecule has 1 saturated heterocycles. The quantitative estimate of drug-likeness (QED) is 0.884. The van der Waals surface area contributed by atoms with Gasteiger partial charge in [-0.3, -0.25) is 9.69 Å². The van der Waals surface area contributed by atoms with E-state index in [0.29, 0.717) is 18.5 Å². The smallest absolute Gasteiger partial charge is 0.410 e. The number of likely N-dealkylation sites (tertiary alicyclic amines) is 1. The summed E-state index contributed by atoms with van der Waals surface area (Å²) in [6.45, 7) is 0.629. The van der Waals surface area contributed by atoms with Crippen LogP contribution in [0.5, 0.6) is 0 Å². The highest BCUT2D eigenvalue weighted by Gasteiger charge is 2.36. The molecule has 1 heterocycles. The molecule has 1 aliphatic heterocycles. The molecule has 3 rings (SSSR count). The number of carbonyl (C=O) groups is 2. The third kappa shape index (κ3) is 4.64. The molecule has 0 aliphatic carbocycles. The van der Waals surface area contributed by atoms with Gasteiger partial charge in [-0.1, -0.05) is 60.7 Å². The maximum Gasteiger partial charge on any atom is 0.410 e. The highest BCUT2D eigenvalue weighted by Crippen LogP contribution is 2.21. The highest BCUT2D eigenvalue weighted by molar-refractivity contribution is 5.86. The second-order valence-electron chi connectivity index (χ2n) is 6.37. The van der Waals surface area contributed by atoms with E-state index in [4.69, 9.17) is 4.74 Å². The lowest BCUT2D eigenvalue weighted by molar-refractivity contribution is -0.125. The van der Waals surface area contributed by atoms with Crippen molar-refractivity contribution in [1.29, 1.82) is 5.26 Å². The summed E-state index contributed by atoms with van der Waals surface area (Å²) in [5, 5.41) is 12.1. The van der Waals surface area contributed by atoms with Gasteiger partial charge in [0.2, 0.25) is 5.91 Å². The van der Waals surface area contributed by atoms with Crippen molar-refractivity contribution >= 4 is 12.0 Å². The Kier molecular flexibility index (Phi) is 6.06. The summed E-state index contributed by atoms with van der Waals surface area (Å²) in [6, 6.07) is 19.2. The van der Waals surface area contributed by atoms with Crippen LogP contribution < -0.4 is 5.32 Å². The summed E-state index contributed by atoms with van der Waals surface area (Å²) in [7, 11) is 0. The van der Waals surface area contributed by atoms with Crippen LogP contribution >= 0.6 is 0 Å². The lowest BCUT2D eigenvalue weighted by Gasteiger charge is -2.24. The molecule has 2 atom stereocenters. The topological polar surface area (TPSA) is 82.4 Å². The minimum Gasteiger partial charge on any atom is -0.445 e. The highest BCUT2D eigenvalue weighted by atomic mass is 16.6. The van der Waals surface area contributed by atoms with Crippen molar-refractivity contribution in [3.63, 3.8) is 0 Å². The Morgan fingerprint density at radius 2 is 1.81 bits per heavy atom. The van der Waals surface area contributed by atoms with E-state index in [2.05, 4.69) is 11.4 Å². The molecule has 27 heavy (non-hydrogen) atoms. The number of benzene rings is 2. The number of amides is 2. The fourth-order valence-corrected chi connectivity index (χ4v) is 3.13. The molecule has 1 N–H and O–H groups in total. The molecular weight excluding hydrogens is 342 g/mol. The Hall–Kier alpha value is -3.33. The molecule has 1 fully saturated rings. The Morgan fingerprint density at radius 1 is 1.15 bits per heavy atom. The van der Waals surface area contributed by atoms with Crippen LogP contribution in [0.2, 0.25) is 0 Å². The van der Waals surface area contributed by atoms with Crippen molar-refractivity contribution in [1.82, 2.24) is 10.2 Å². The van der Waals surface area contributed by atoms with Crippen LogP contribution in [-0.4, -0.2) is 29.5 Å². The third-order valence-electron chi connectivity index (χ3n) is 4.54. The molecule has 0 saturated carbocycles. The lowest BCUT2D eigenvalue weighted by Crippen LogP contribution is -2.46. The van der Waals surface area contributed by atoms with Gasteiger partial charge in [0.25, 0.3) is 0 Å². The molecule has 2 aromatic rings. The van der Waals surface area contributed by atoms with Gasteiger partial charge < -0.3 is 10.1 Å². The summed E-state index contributed by atoms with van der Waals surface area (Å²) >= 11 is 0. The van der Waals surface area contributed by atoms with Gasteiger partial charge in [0.05, 0.1) is 6.07 Å². The first-order valence-corrected chi connectivity index (χ1v) is 8.91. The lowest BCUT2D eigenvalue weighted by atomic mass is 10.1. The molecule has 0 unspecified atom stereocenters. The van der Waals surface area contributed by atoms with Crippen LogP contribution in [-0.2, 0) is 16.1 Å². The summed E-state index contributed by atoms with van der Waals surface area (Å²) in [4.78, 5) is 26.5. The Morgan fingerprint density at radius 3 is 2.48 bits per heavy atom. The van der Waals surface area contributed by atoms with Crippen molar-refractivity contribution in [3.8, 4) is 6.07 Å². The molecule has 6 nitrogen and oxygen atoms in total. The van der Waals surface area contributed by atoms with E-state index < -0.39 is 18.2 Å². The van der Waals surface area contributed by atoms with Gasteiger partial charge in [0, 0.05) is 6.54 Å². The van der Waals surface area contributed by atoms with Crippen molar-refractivity contribution in [2.24, 2.45) is 0 Å². The number of carbonyl (C=O) groups excluding carboxylic acids is 2. The van der Waals surface area contributed by atoms with Gasteiger partial charge in [-0.15, -0.1) is 0 Å². The zero-order chi connectivity index (χ0) is 19.1. The van der Waals surface area contributed by atoms with E-state index in [0.717, 1.165) is 12.0 Å². The third-order valence-corrected chi connectivity index (χ3v) is 4.54. The van der Waals surface area contributed by atoms with E-state index >= 15 is 0 Å². The molecule has 138 valence electrons. The van der Waals surface area contributed by atoms with Gasteiger partial charge >= 0.3 is 6.09 Å². The normalized spacial score (nSPS) is 17.0. The molecule has 0 aromatic heterocycles. The molecule has 2 aromatic carbocycles. The Balaban J connectivity index is 1.60. The van der Waals surface area contributed by atoms with Gasteiger partial charge in [-0.05, 0) is 24.0 Å². The predicted molar refractivity (Wildman–Crippen MR) is 99.3 cm³/mol. The number of nitrogens with zero attached hydrogens (tertiary/aromatic N) is 2. The van der Waals surface area contributed by atoms with Crippen LogP contribution in [0.1, 0.15) is 30.0 Å². The zero-order valence-corrected chi connectivity index (χ0v) is 14.9. The van der Waals surface area contributed by atoms with E-state index in [1.54, 1.807) is 12.1 Å². The van der Waals surface area contributed by atoms with Gasteiger partial charge in [-0.2, -0.15) is 5.26 Å². The number of nitrogens with one attached hydrogen (secondary N) is 1. The largest absolute Gasteiger partial charge is 0.445 e. The monoisotopic (exact) mass is 363 g/mol. The van der Waals surface area contributed by atoms with E-state index in [1.165, 1.54) is 4.90 Å². The first-order valence-electron chi connectivity index (χ1n) is 8.91. The molecule has 6 heteroatoms. The minimum atomic E-state index is -0.749. The number of ether oxygens (including phenoxy) is 1. The van der Waals surface area contributed by atoms with Gasteiger partial charge in [-0.25, -0.2) is 4.79 Å². The van der Waals surface area contributed by atoms with E-state index in [1.807, 2.05) is 48.5 Å². The van der Waals surface area contributed by atoms with Gasteiger partial charge in [0.1, 0.15) is 18.7 Å². The zero-order valence-electron chi connectivity index (χ0n) is 14.9. The average molecular weight is 363 g/mol. The molecule has 2 amide bonds. The molecule has 0 spiro atoms. The summed E-state index contributed by atoms with van der Waals surface area (Å²) in [5.74, 6) is -0.334. The first-order chi connectivity index (χ1) is 13.2. The standard InChI is InChI=1S/C21H21N3O3/c22-14-18(17-10-5-2-6-11-17)23-20(25)19-12-7-13-24(19)21(26)27-15-16-8-3-1-4-9-16/h1-6,8-11,18-19H,7,12-13,15H2,(H,23,25)/t18-,19-/m0/s1. The van der Waals surface area contributed by atoms with Crippen LogP contribution in [0.25, 0.3) is 0 Å². The maximum absolute atomic E-state index is 12.7. The predicted octanol–water partition coefficient (Wildman–Crippen LogP) is 3.17.